The monoisotopic (exact) mass is 306 g/mol. The van der Waals surface area contributed by atoms with Crippen molar-refractivity contribution in [2.45, 2.75) is 6.42 Å². The van der Waals surface area contributed by atoms with E-state index in [0.717, 1.165) is 6.42 Å². The molecule has 3 rings (SSSR count). The number of ether oxygens (including phenoxy) is 1. The van der Waals surface area contributed by atoms with E-state index in [1.807, 2.05) is 0 Å². The molecule has 2 atom stereocenters. The number of hydrogen-bond donors (Lipinski definition) is 1. The van der Waals surface area contributed by atoms with Gasteiger partial charge >= 0.3 is 0 Å². The largest absolute Gasteiger partial charge is 0.384 e. The van der Waals surface area contributed by atoms with Gasteiger partial charge in [0.15, 0.2) is 11.6 Å². The number of methoxy groups -OCH3 is 1. The van der Waals surface area contributed by atoms with Crippen LogP contribution in [-0.2, 0) is 9.53 Å². The smallest absolute Gasteiger partial charge is 0.229 e. The van der Waals surface area contributed by atoms with E-state index in [2.05, 4.69) is 15.4 Å². The van der Waals surface area contributed by atoms with Crippen molar-refractivity contribution in [2.24, 2.45) is 11.8 Å². The van der Waals surface area contributed by atoms with Crippen LogP contribution in [0.15, 0.2) is 30.6 Å². The molecule has 2 aromatic heterocycles. The SMILES string of the molecule is COC[C@H]1C[C@@H]1C(=O)Nc1ccn(-c2ncccc2Cl)n1. The Balaban J connectivity index is 1.66. The molecule has 6 nitrogen and oxygen atoms in total. The van der Waals surface area contributed by atoms with Gasteiger partial charge in [-0.05, 0) is 24.5 Å². The van der Waals surface area contributed by atoms with Gasteiger partial charge in [-0.3, -0.25) is 4.79 Å². The van der Waals surface area contributed by atoms with Crippen LogP contribution in [0.3, 0.4) is 0 Å². The molecule has 1 fully saturated rings. The van der Waals surface area contributed by atoms with Gasteiger partial charge in [-0.15, -0.1) is 5.10 Å². The summed E-state index contributed by atoms with van der Waals surface area (Å²) in [7, 11) is 1.64. The zero-order chi connectivity index (χ0) is 14.8. The maximum Gasteiger partial charge on any atom is 0.229 e. The predicted molar refractivity (Wildman–Crippen MR) is 78.5 cm³/mol. The summed E-state index contributed by atoms with van der Waals surface area (Å²) in [5.74, 6) is 1.35. The molecule has 1 N–H and O–H groups in total. The molecule has 0 aromatic carbocycles. The maximum atomic E-state index is 12.0. The molecule has 1 aliphatic carbocycles. The molecule has 0 aliphatic heterocycles. The summed E-state index contributed by atoms with van der Waals surface area (Å²) >= 11 is 6.06. The molecule has 2 heterocycles. The Hall–Kier alpha value is -1.92. The lowest BCUT2D eigenvalue weighted by Gasteiger charge is -2.03. The molecule has 0 unspecified atom stereocenters. The third-order valence-electron chi connectivity index (χ3n) is 3.44. The maximum absolute atomic E-state index is 12.0. The van der Waals surface area contributed by atoms with Crippen LogP contribution in [0.4, 0.5) is 5.82 Å². The van der Waals surface area contributed by atoms with Gasteiger partial charge in [0, 0.05) is 38.1 Å². The van der Waals surface area contributed by atoms with E-state index in [1.54, 1.807) is 37.7 Å². The third-order valence-corrected chi connectivity index (χ3v) is 3.73. The summed E-state index contributed by atoms with van der Waals surface area (Å²) in [5.41, 5.74) is 0. The molecule has 110 valence electrons. The number of rotatable bonds is 5. The molecule has 0 saturated heterocycles. The number of nitrogens with zero attached hydrogens (tertiary/aromatic N) is 3. The van der Waals surface area contributed by atoms with E-state index in [-0.39, 0.29) is 11.8 Å². The molecule has 0 bridgehead atoms. The van der Waals surface area contributed by atoms with Crippen molar-refractivity contribution in [3.05, 3.63) is 35.6 Å². The van der Waals surface area contributed by atoms with Crippen LogP contribution >= 0.6 is 11.6 Å². The summed E-state index contributed by atoms with van der Waals surface area (Å²) in [4.78, 5) is 16.2. The van der Waals surface area contributed by atoms with Crippen LogP contribution in [0.1, 0.15) is 6.42 Å². The van der Waals surface area contributed by atoms with Crippen molar-refractivity contribution >= 4 is 23.3 Å². The second kappa shape index (κ2) is 5.83. The highest BCUT2D eigenvalue weighted by Crippen LogP contribution is 2.39. The first-order valence-electron chi connectivity index (χ1n) is 6.65. The normalized spacial score (nSPS) is 20.3. The van der Waals surface area contributed by atoms with Gasteiger partial charge < -0.3 is 10.1 Å². The van der Waals surface area contributed by atoms with Gasteiger partial charge in [0.25, 0.3) is 0 Å². The van der Waals surface area contributed by atoms with E-state index in [9.17, 15) is 4.79 Å². The molecule has 0 spiro atoms. The van der Waals surface area contributed by atoms with E-state index in [0.29, 0.717) is 29.2 Å². The molecular weight excluding hydrogens is 292 g/mol. The fraction of sp³-hybridized carbons (Fsp3) is 0.357. The first kappa shape index (κ1) is 14.0. The summed E-state index contributed by atoms with van der Waals surface area (Å²) in [6.45, 7) is 0.621. The van der Waals surface area contributed by atoms with Crippen LogP contribution < -0.4 is 5.32 Å². The number of aromatic nitrogens is 3. The number of carbonyl (C=O) groups excluding carboxylic acids is 1. The van der Waals surface area contributed by atoms with Crippen LogP contribution in [0, 0.1) is 11.8 Å². The molecule has 1 saturated carbocycles. The van der Waals surface area contributed by atoms with E-state index < -0.39 is 0 Å². The fourth-order valence-corrected chi connectivity index (χ4v) is 2.45. The third kappa shape index (κ3) is 3.06. The van der Waals surface area contributed by atoms with Gasteiger partial charge in [-0.2, -0.15) is 0 Å². The first-order valence-corrected chi connectivity index (χ1v) is 7.03. The Morgan fingerprint density at radius 1 is 1.57 bits per heavy atom. The van der Waals surface area contributed by atoms with E-state index >= 15 is 0 Å². The highest BCUT2D eigenvalue weighted by Gasteiger charge is 2.42. The molecule has 21 heavy (non-hydrogen) atoms. The molecule has 7 heteroatoms. The Morgan fingerprint density at radius 2 is 2.43 bits per heavy atom. The molecule has 0 radical (unpaired) electrons. The Morgan fingerprint density at radius 3 is 3.19 bits per heavy atom. The Bertz CT molecular complexity index is 658. The first-order chi connectivity index (χ1) is 10.2. The highest BCUT2D eigenvalue weighted by molar-refractivity contribution is 6.32. The summed E-state index contributed by atoms with van der Waals surface area (Å²) in [6, 6.07) is 5.21. The van der Waals surface area contributed by atoms with Crippen molar-refractivity contribution in [3.8, 4) is 5.82 Å². The number of anilines is 1. The lowest BCUT2D eigenvalue weighted by molar-refractivity contribution is -0.117. The van der Waals surface area contributed by atoms with E-state index in [1.165, 1.54) is 4.68 Å². The quantitative estimate of drug-likeness (QED) is 0.919. The van der Waals surface area contributed by atoms with Gasteiger partial charge in [-0.25, -0.2) is 9.67 Å². The molecule has 1 aliphatic rings. The van der Waals surface area contributed by atoms with Gasteiger partial charge in [0.05, 0.1) is 5.02 Å². The molecule has 2 aromatic rings. The van der Waals surface area contributed by atoms with Crippen LogP contribution in [0.2, 0.25) is 5.02 Å². The second-order valence-corrected chi connectivity index (χ2v) is 5.41. The fourth-order valence-electron chi connectivity index (χ4n) is 2.24. The number of hydrogen-bond acceptors (Lipinski definition) is 4. The van der Waals surface area contributed by atoms with Crippen molar-refractivity contribution in [1.29, 1.82) is 0 Å². The zero-order valence-electron chi connectivity index (χ0n) is 11.5. The number of pyridine rings is 1. The lowest BCUT2D eigenvalue weighted by atomic mass is 10.3. The minimum Gasteiger partial charge on any atom is -0.384 e. The van der Waals surface area contributed by atoms with Gasteiger partial charge in [0.1, 0.15) is 0 Å². The van der Waals surface area contributed by atoms with Crippen LogP contribution in [0.5, 0.6) is 0 Å². The summed E-state index contributed by atoms with van der Waals surface area (Å²) < 4.78 is 6.59. The zero-order valence-corrected chi connectivity index (χ0v) is 12.2. The van der Waals surface area contributed by atoms with Crippen molar-refractivity contribution in [1.82, 2.24) is 14.8 Å². The standard InChI is InChI=1S/C14H15ClN4O2/c1-21-8-9-7-10(9)14(20)17-12-4-6-19(18-12)13-11(15)3-2-5-16-13/h2-6,9-10H,7-8H2,1H3,(H,17,18,20)/t9-,10+/m1/s1. The summed E-state index contributed by atoms with van der Waals surface area (Å²) in [6.07, 6.45) is 4.22. The minimum atomic E-state index is -0.0191. The Kier molecular flexibility index (Phi) is 3.90. The molecular formula is C14H15ClN4O2. The van der Waals surface area contributed by atoms with Gasteiger partial charge in [0.2, 0.25) is 5.91 Å². The van der Waals surface area contributed by atoms with E-state index in [4.69, 9.17) is 16.3 Å². The second-order valence-electron chi connectivity index (χ2n) is 5.00. The van der Waals surface area contributed by atoms with Crippen LogP contribution in [0.25, 0.3) is 5.82 Å². The average molecular weight is 307 g/mol. The van der Waals surface area contributed by atoms with Crippen molar-refractivity contribution < 1.29 is 9.53 Å². The highest BCUT2D eigenvalue weighted by atomic mass is 35.5. The molecule has 1 amide bonds. The number of carbonyl (C=O) groups is 1. The predicted octanol–water partition coefficient (Wildman–Crippen LogP) is 2.14. The topological polar surface area (TPSA) is 69.0 Å². The number of amides is 1. The van der Waals surface area contributed by atoms with Crippen LogP contribution in [-0.4, -0.2) is 34.4 Å². The van der Waals surface area contributed by atoms with Crippen molar-refractivity contribution in [2.75, 3.05) is 19.0 Å². The summed E-state index contributed by atoms with van der Waals surface area (Å²) in [5, 5.41) is 7.57. The Labute approximate surface area is 127 Å². The number of nitrogens with one attached hydrogen (secondary N) is 1. The average Bonchev–Trinajstić information content (AvgIpc) is 3.09. The minimum absolute atomic E-state index is 0.0191. The van der Waals surface area contributed by atoms with Gasteiger partial charge in [-0.1, -0.05) is 11.6 Å². The number of halogens is 1. The lowest BCUT2D eigenvalue weighted by Crippen LogP contribution is -2.16. The van der Waals surface area contributed by atoms with Crippen molar-refractivity contribution in [3.63, 3.8) is 0 Å².